The summed E-state index contributed by atoms with van der Waals surface area (Å²) in [5.74, 6) is -4.86. The Morgan fingerprint density at radius 2 is 1.53 bits per heavy atom. The van der Waals surface area contributed by atoms with Crippen LogP contribution in [0.25, 0.3) is 0 Å². The van der Waals surface area contributed by atoms with Crippen LogP contribution < -0.4 is 5.73 Å². The molecule has 2 N–H and O–H groups in total. The fourth-order valence-corrected chi connectivity index (χ4v) is 1.75. The lowest BCUT2D eigenvalue weighted by molar-refractivity contribution is -0.289. The molecule has 1 saturated carbocycles. The highest BCUT2D eigenvalue weighted by Crippen LogP contribution is 2.51. The summed E-state index contributed by atoms with van der Waals surface area (Å²) in [4.78, 5) is 0. The quantitative estimate of drug-likeness (QED) is 0.802. The minimum atomic E-state index is -5.60. The zero-order valence-electron chi connectivity index (χ0n) is 8.69. The van der Waals surface area contributed by atoms with Gasteiger partial charge in [0.2, 0.25) is 0 Å². The van der Waals surface area contributed by atoms with E-state index in [1.165, 1.54) is 12.1 Å². The summed E-state index contributed by atoms with van der Waals surface area (Å²) >= 11 is 0. The zero-order chi connectivity index (χ0) is 12.9. The third kappa shape index (κ3) is 1.90. The molecular formula is C11H10F5N. The number of benzene rings is 1. The molecule has 1 aliphatic rings. The van der Waals surface area contributed by atoms with Crippen molar-refractivity contribution in [3.63, 3.8) is 0 Å². The maximum Gasteiger partial charge on any atom is 0.458 e. The van der Waals surface area contributed by atoms with E-state index in [1.807, 2.05) is 0 Å². The lowest BCUT2D eigenvalue weighted by Gasteiger charge is -2.24. The SMILES string of the molecule is NC1(c2ccccc2C(F)(F)C(F)(F)F)CC1. The average Bonchev–Trinajstić information content (AvgIpc) is 2.96. The maximum atomic E-state index is 13.3. The molecule has 0 bridgehead atoms. The maximum absolute atomic E-state index is 13.3. The third-order valence-corrected chi connectivity index (χ3v) is 2.95. The van der Waals surface area contributed by atoms with Crippen molar-refractivity contribution in [3.05, 3.63) is 35.4 Å². The van der Waals surface area contributed by atoms with Gasteiger partial charge >= 0.3 is 12.1 Å². The molecule has 2 rings (SSSR count). The van der Waals surface area contributed by atoms with E-state index >= 15 is 0 Å². The number of nitrogens with two attached hydrogens (primary N) is 1. The minimum absolute atomic E-state index is 0.109. The normalized spacial score (nSPS) is 19.2. The van der Waals surface area contributed by atoms with Gasteiger partial charge in [0, 0.05) is 11.1 Å². The topological polar surface area (TPSA) is 26.0 Å². The summed E-state index contributed by atoms with van der Waals surface area (Å²) in [7, 11) is 0. The summed E-state index contributed by atoms with van der Waals surface area (Å²) in [6.45, 7) is 0. The second-order valence-corrected chi connectivity index (χ2v) is 4.27. The highest BCUT2D eigenvalue weighted by Gasteiger charge is 2.61. The first-order valence-electron chi connectivity index (χ1n) is 5.02. The minimum Gasteiger partial charge on any atom is -0.321 e. The number of hydrogen-bond acceptors (Lipinski definition) is 1. The van der Waals surface area contributed by atoms with Gasteiger partial charge in [-0.2, -0.15) is 22.0 Å². The third-order valence-electron chi connectivity index (χ3n) is 2.95. The second kappa shape index (κ2) is 3.41. The van der Waals surface area contributed by atoms with Gasteiger partial charge in [0.15, 0.2) is 0 Å². The van der Waals surface area contributed by atoms with Crippen LogP contribution >= 0.6 is 0 Å². The predicted octanol–water partition coefficient (Wildman–Crippen LogP) is 3.29. The largest absolute Gasteiger partial charge is 0.458 e. The van der Waals surface area contributed by atoms with Gasteiger partial charge in [0.05, 0.1) is 0 Å². The Kier molecular flexibility index (Phi) is 2.47. The standard InChI is InChI=1S/C11H10F5N/c12-10(13,11(14,15)16)8-4-2-1-3-7(8)9(17)5-6-9/h1-4H,5-6,17H2. The van der Waals surface area contributed by atoms with E-state index in [2.05, 4.69) is 0 Å². The van der Waals surface area contributed by atoms with Gasteiger partial charge in [-0.3, -0.25) is 0 Å². The van der Waals surface area contributed by atoms with Gasteiger partial charge in [0.25, 0.3) is 0 Å². The smallest absolute Gasteiger partial charge is 0.321 e. The molecule has 1 aromatic rings. The van der Waals surface area contributed by atoms with Crippen molar-refractivity contribution >= 4 is 0 Å². The second-order valence-electron chi connectivity index (χ2n) is 4.27. The van der Waals surface area contributed by atoms with E-state index in [0.29, 0.717) is 12.8 Å². The van der Waals surface area contributed by atoms with Crippen LogP contribution in [0.2, 0.25) is 0 Å². The molecule has 0 radical (unpaired) electrons. The van der Waals surface area contributed by atoms with Gasteiger partial charge in [0.1, 0.15) is 0 Å². The van der Waals surface area contributed by atoms with Gasteiger partial charge in [-0.1, -0.05) is 24.3 Å². The molecule has 1 aliphatic carbocycles. The Morgan fingerprint density at radius 3 is 2.00 bits per heavy atom. The lowest BCUT2D eigenvalue weighted by Crippen LogP contribution is -2.36. The number of halogens is 5. The molecule has 0 saturated heterocycles. The van der Waals surface area contributed by atoms with Crippen molar-refractivity contribution in [1.29, 1.82) is 0 Å². The van der Waals surface area contributed by atoms with Crippen LogP contribution in [0.3, 0.4) is 0 Å². The Morgan fingerprint density at radius 1 is 1.00 bits per heavy atom. The Balaban J connectivity index is 2.53. The summed E-state index contributed by atoms with van der Waals surface area (Å²) in [5, 5.41) is 0. The van der Waals surface area contributed by atoms with E-state index in [1.54, 1.807) is 0 Å². The van der Waals surface area contributed by atoms with Crippen molar-refractivity contribution in [1.82, 2.24) is 0 Å². The van der Waals surface area contributed by atoms with E-state index in [4.69, 9.17) is 5.73 Å². The van der Waals surface area contributed by atoms with E-state index in [-0.39, 0.29) is 5.56 Å². The molecule has 94 valence electrons. The molecule has 1 aromatic carbocycles. The first kappa shape index (κ1) is 12.3. The van der Waals surface area contributed by atoms with Crippen LogP contribution in [0.4, 0.5) is 22.0 Å². The molecule has 0 aromatic heterocycles. The van der Waals surface area contributed by atoms with Gasteiger partial charge in [-0.05, 0) is 18.4 Å². The van der Waals surface area contributed by atoms with Crippen molar-refractivity contribution in [2.24, 2.45) is 5.73 Å². The van der Waals surface area contributed by atoms with Crippen LogP contribution in [0, 0.1) is 0 Å². The molecule has 0 heterocycles. The number of alkyl halides is 5. The van der Waals surface area contributed by atoms with Crippen LogP contribution in [-0.4, -0.2) is 6.18 Å². The summed E-state index contributed by atoms with van der Waals surface area (Å²) in [5.41, 5.74) is 3.54. The Labute approximate surface area is 94.4 Å². The monoisotopic (exact) mass is 251 g/mol. The fourth-order valence-electron chi connectivity index (χ4n) is 1.75. The molecule has 1 nitrogen and oxygen atoms in total. The lowest BCUT2D eigenvalue weighted by atomic mass is 9.94. The van der Waals surface area contributed by atoms with Gasteiger partial charge in [-0.15, -0.1) is 0 Å². The van der Waals surface area contributed by atoms with E-state index in [0.717, 1.165) is 12.1 Å². The number of rotatable bonds is 2. The molecule has 1 fully saturated rings. The zero-order valence-corrected chi connectivity index (χ0v) is 8.69. The van der Waals surface area contributed by atoms with Crippen LogP contribution in [0.1, 0.15) is 24.0 Å². The molecule has 0 atom stereocenters. The first-order valence-corrected chi connectivity index (χ1v) is 5.02. The molecule has 6 heteroatoms. The van der Waals surface area contributed by atoms with Crippen molar-refractivity contribution in [3.8, 4) is 0 Å². The first-order chi connectivity index (χ1) is 7.68. The average molecular weight is 251 g/mol. The van der Waals surface area contributed by atoms with Gasteiger partial charge in [-0.25, -0.2) is 0 Å². The van der Waals surface area contributed by atoms with E-state index in [9.17, 15) is 22.0 Å². The fraction of sp³-hybridized carbons (Fsp3) is 0.455. The van der Waals surface area contributed by atoms with Crippen molar-refractivity contribution in [2.45, 2.75) is 30.5 Å². The van der Waals surface area contributed by atoms with Gasteiger partial charge < -0.3 is 5.73 Å². The highest BCUT2D eigenvalue weighted by atomic mass is 19.4. The number of hydrogen-bond donors (Lipinski definition) is 1. The molecular weight excluding hydrogens is 241 g/mol. The highest BCUT2D eigenvalue weighted by molar-refractivity contribution is 5.40. The summed E-state index contributed by atoms with van der Waals surface area (Å²) in [6, 6.07) is 4.60. The van der Waals surface area contributed by atoms with E-state index < -0.39 is 23.2 Å². The van der Waals surface area contributed by atoms with Crippen molar-refractivity contribution in [2.75, 3.05) is 0 Å². The summed E-state index contributed by atoms with van der Waals surface area (Å²) in [6.07, 6.45) is -4.75. The molecule has 0 aliphatic heterocycles. The molecule has 0 unspecified atom stereocenters. The van der Waals surface area contributed by atoms with Crippen LogP contribution in [0.15, 0.2) is 24.3 Å². The van der Waals surface area contributed by atoms with Crippen molar-refractivity contribution < 1.29 is 22.0 Å². The molecule has 0 spiro atoms. The predicted molar refractivity (Wildman–Crippen MR) is 51.5 cm³/mol. The Bertz CT molecular complexity index is 434. The van der Waals surface area contributed by atoms with Crippen LogP contribution in [-0.2, 0) is 11.5 Å². The summed E-state index contributed by atoms with van der Waals surface area (Å²) < 4.78 is 63.6. The molecule has 0 amide bonds. The van der Waals surface area contributed by atoms with Crippen LogP contribution in [0.5, 0.6) is 0 Å². The molecule has 17 heavy (non-hydrogen) atoms. The Hall–Kier alpha value is -1.17.